The first-order chi connectivity index (χ1) is 12.6. The lowest BCUT2D eigenvalue weighted by Crippen LogP contribution is -2.36. The summed E-state index contributed by atoms with van der Waals surface area (Å²) in [6.07, 6.45) is 3.71. The van der Waals surface area contributed by atoms with E-state index in [1.165, 1.54) is 5.39 Å². The maximum atomic E-state index is 7.55. The summed E-state index contributed by atoms with van der Waals surface area (Å²) >= 11 is 0. The van der Waals surface area contributed by atoms with Gasteiger partial charge in [0.2, 0.25) is 11.2 Å². The molecule has 126 valence electrons. The molecule has 0 amide bonds. The van der Waals surface area contributed by atoms with E-state index in [0.717, 1.165) is 33.8 Å². The highest BCUT2D eigenvalue weighted by molar-refractivity contribution is 5.77. The van der Waals surface area contributed by atoms with Gasteiger partial charge in [-0.2, -0.15) is 4.57 Å². The van der Waals surface area contributed by atoms with Crippen LogP contribution in [0.2, 0.25) is 0 Å². The first-order valence-electron chi connectivity index (χ1n) is 8.50. The lowest BCUT2D eigenvalue weighted by atomic mass is 10.0. The largest absolute Gasteiger partial charge is 0.334 e. The Bertz CT molecular complexity index is 1180. The zero-order chi connectivity index (χ0) is 18.3. The molecule has 26 heavy (non-hydrogen) atoms. The number of imidazole rings is 1. The Balaban J connectivity index is 2.10. The molecule has 0 spiro atoms. The summed E-state index contributed by atoms with van der Waals surface area (Å²) in [5, 5.41) is 1.17. The standard InChI is InChI=1S/C22H19N4/c1-15-9-10-17-7-5-6-8-20(17)26(15)21-14-18(23-3)13-19(16(21)2)22-24-11-12-25(22)4/h5-14H,1-2,4H3/q+1. The molecule has 0 fully saturated rings. The minimum atomic E-state index is 0.614. The number of pyridine rings is 1. The second-order valence-electron chi connectivity index (χ2n) is 6.48. The van der Waals surface area contributed by atoms with E-state index in [4.69, 9.17) is 6.57 Å². The number of aromatic nitrogens is 3. The molecule has 0 aliphatic carbocycles. The third-order valence-electron chi connectivity index (χ3n) is 4.83. The molecule has 0 unspecified atom stereocenters. The maximum Gasteiger partial charge on any atom is 0.218 e. The molecule has 0 saturated carbocycles. The van der Waals surface area contributed by atoms with Gasteiger partial charge in [-0.05, 0) is 25.1 Å². The van der Waals surface area contributed by atoms with Gasteiger partial charge in [0.25, 0.3) is 0 Å². The molecule has 0 saturated heterocycles. The zero-order valence-electron chi connectivity index (χ0n) is 15.1. The van der Waals surface area contributed by atoms with E-state index in [1.807, 2.05) is 42.1 Å². The quantitative estimate of drug-likeness (QED) is 0.384. The second-order valence-corrected chi connectivity index (χ2v) is 6.48. The average Bonchev–Trinajstić information content (AvgIpc) is 3.08. The van der Waals surface area contributed by atoms with Crippen LogP contribution < -0.4 is 4.57 Å². The number of benzene rings is 2. The smallest absolute Gasteiger partial charge is 0.218 e. The number of rotatable bonds is 2. The zero-order valence-corrected chi connectivity index (χ0v) is 15.1. The van der Waals surface area contributed by atoms with Gasteiger partial charge in [-0.1, -0.05) is 12.1 Å². The van der Waals surface area contributed by atoms with E-state index in [0.29, 0.717) is 5.69 Å². The van der Waals surface area contributed by atoms with E-state index < -0.39 is 0 Å². The minimum absolute atomic E-state index is 0.614. The Labute approximate surface area is 152 Å². The molecule has 0 N–H and O–H groups in total. The van der Waals surface area contributed by atoms with Gasteiger partial charge in [-0.15, -0.1) is 0 Å². The Kier molecular flexibility index (Phi) is 3.78. The SMILES string of the molecule is [C-]#[N+]c1cc(-c2nccn2C)c(C)c(-[n+]2c(C)ccc3ccccc32)c1. The topological polar surface area (TPSA) is 26.1 Å². The number of nitrogens with zero attached hydrogens (tertiary/aromatic N) is 4. The predicted octanol–water partition coefficient (Wildman–Crippen LogP) is 4.68. The molecule has 4 nitrogen and oxygen atoms in total. The molecule has 4 aromatic rings. The molecule has 4 heteroatoms. The molecule has 2 aromatic heterocycles. The summed E-state index contributed by atoms with van der Waals surface area (Å²) in [7, 11) is 1.97. The van der Waals surface area contributed by atoms with E-state index in [9.17, 15) is 0 Å². The van der Waals surface area contributed by atoms with Gasteiger partial charge in [0, 0.05) is 61.1 Å². The molecular formula is C22H19N4+. The van der Waals surface area contributed by atoms with Crippen molar-refractivity contribution in [3.8, 4) is 17.1 Å². The number of para-hydroxylation sites is 1. The summed E-state index contributed by atoms with van der Waals surface area (Å²) in [5.74, 6) is 0.868. The molecule has 0 atom stereocenters. The third-order valence-corrected chi connectivity index (χ3v) is 4.83. The second kappa shape index (κ2) is 6.12. The number of hydrogen-bond donors (Lipinski definition) is 0. The van der Waals surface area contributed by atoms with Crippen molar-refractivity contribution in [3.05, 3.63) is 83.6 Å². The van der Waals surface area contributed by atoms with Crippen LogP contribution in [0.1, 0.15) is 11.3 Å². The summed E-state index contributed by atoms with van der Waals surface area (Å²) in [4.78, 5) is 8.20. The fourth-order valence-electron chi connectivity index (χ4n) is 3.47. The highest BCUT2D eigenvalue weighted by Crippen LogP contribution is 2.31. The van der Waals surface area contributed by atoms with E-state index >= 15 is 0 Å². The van der Waals surface area contributed by atoms with E-state index in [1.54, 1.807) is 6.20 Å². The monoisotopic (exact) mass is 339 g/mol. The normalized spacial score (nSPS) is 10.8. The molecule has 0 aliphatic heterocycles. The highest BCUT2D eigenvalue weighted by Gasteiger charge is 2.22. The number of fused-ring (bicyclic) bond motifs is 1. The summed E-state index contributed by atoms with van der Waals surface area (Å²) < 4.78 is 4.21. The van der Waals surface area contributed by atoms with Crippen molar-refractivity contribution in [1.82, 2.24) is 9.55 Å². The lowest BCUT2D eigenvalue weighted by Gasteiger charge is -2.11. The van der Waals surface area contributed by atoms with Gasteiger partial charge in [0.1, 0.15) is 5.82 Å². The molecule has 2 heterocycles. The van der Waals surface area contributed by atoms with Crippen LogP contribution in [0.5, 0.6) is 0 Å². The fourth-order valence-corrected chi connectivity index (χ4v) is 3.47. The van der Waals surface area contributed by atoms with Crippen molar-refractivity contribution >= 4 is 16.6 Å². The summed E-state index contributed by atoms with van der Waals surface area (Å²) in [6, 6.07) is 16.5. The Morgan fingerprint density at radius 3 is 2.62 bits per heavy atom. The minimum Gasteiger partial charge on any atom is -0.334 e. The van der Waals surface area contributed by atoms with Crippen molar-refractivity contribution in [1.29, 1.82) is 0 Å². The van der Waals surface area contributed by atoms with Crippen molar-refractivity contribution < 1.29 is 4.57 Å². The first kappa shape index (κ1) is 16.0. The average molecular weight is 339 g/mol. The van der Waals surface area contributed by atoms with Gasteiger partial charge < -0.3 is 4.57 Å². The maximum absolute atomic E-state index is 7.55. The van der Waals surface area contributed by atoms with Crippen molar-refractivity contribution in [2.75, 3.05) is 0 Å². The van der Waals surface area contributed by atoms with Crippen LogP contribution in [0.15, 0.2) is 60.9 Å². The Hall–Kier alpha value is -3.45. The van der Waals surface area contributed by atoms with Crippen molar-refractivity contribution in [3.63, 3.8) is 0 Å². The van der Waals surface area contributed by atoms with Crippen LogP contribution >= 0.6 is 0 Å². The van der Waals surface area contributed by atoms with E-state index in [-0.39, 0.29) is 0 Å². The van der Waals surface area contributed by atoms with Crippen LogP contribution in [0.3, 0.4) is 0 Å². The third kappa shape index (κ3) is 2.46. The van der Waals surface area contributed by atoms with Gasteiger partial charge in [-0.3, -0.25) is 0 Å². The fraction of sp³-hybridized carbons (Fsp3) is 0.136. The van der Waals surface area contributed by atoms with E-state index in [2.05, 4.69) is 52.5 Å². The van der Waals surface area contributed by atoms with Crippen molar-refractivity contribution in [2.24, 2.45) is 7.05 Å². The van der Waals surface area contributed by atoms with Crippen molar-refractivity contribution in [2.45, 2.75) is 13.8 Å². The van der Waals surface area contributed by atoms with Gasteiger partial charge in [0.05, 0.1) is 6.57 Å². The van der Waals surface area contributed by atoms with Crippen LogP contribution in [-0.2, 0) is 7.05 Å². The molecule has 0 radical (unpaired) electrons. The Morgan fingerprint density at radius 1 is 1.08 bits per heavy atom. The number of hydrogen-bond acceptors (Lipinski definition) is 1. The van der Waals surface area contributed by atoms with Gasteiger partial charge >= 0.3 is 0 Å². The van der Waals surface area contributed by atoms with Crippen LogP contribution in [-0.4, -0.2) is 9.55 Å². The highest BCUT2D eigenvalue weighted by atomic mass is 15.0. The lowest BCUT2D eigenvalue weighted by molar-refractivity contribution is -0.574. The molecule has 0 aliphatic rings. The van der Waals surface area contributed by atoms with Crippen LogP contribution in [0.25, 0.3) is 32.8 Å². The van der Waals surface area contributed by atoms with Gasteiger partial charge in [0.15, 0.2) is 11.4 Å². The Morgan fingerprint density at radius 2 is 1.88 bits per heavy atom. The summed E-state index contributed by atoms with van der Waals surface area (Å²) in [5.41, 5.74) is 5.98. The molecule has 4 rings (SSSR count). The molecule has 0 bridgehead atoms. The molecular weight excluding hydrogens is 320 g/mol. The summed E-state index contributed by atoms with van der Waals surface area (Å²) in [6.45, 7) is 11.7. The van der Waals surface area contributed by atoms with Crippen LogP contribution in [0.4, 0.5) is 5.69 Å². The predicted molar refractivity (Wildman–Crippen MR) is 103 cm³/mol. The molecule has 2 aromatic carbocycles. The van der Waals surface area contributed by atoms with Gasteiger partial charge in [-0.25, -0.2) is 9.83 Å². The van der Waals surface area contributed by atoms with Crippen LogP contribution in [0, 0.1) is 20.4 Å². The number of aryl methyl sites for hydroxylation is 2. The first-order valence-corrected chi connectivity index (χ1v) is 8.50.